The number of hydrogen-bond donors (Lipinski definition) is 0. The monoisotopic (exact) mass is 824 g/mol. The van der Waals surface area contributed by atoms with Crippen molar-refractivity contribution in [3.63, 3.8) is 0 Å². The van der Waals surface area contributed by atoms with Crippen LogP contribution in [0, 0.1) is 0 Å². The molecule has 55 heavy (non-hydrogen) atoms. The normalized spacial score (nSPS) is 11.8. The fourth-order valence-corrected chi connectivity index (χ4v) is 6.19. The van der Waals surface area contributed by atoms with Gasteiger partial charge >= 0.3 is 59.1 Å². The molecule has 4 aromatic rings. The Morgan fingerprint density at radius 2 is 1.25 bits per heavy atom. The average molecular weight is 825 g/mol. The molecule has 1 aliphatic carbocycles. The van der Waals surface area contributed by atoms with E-state index in [0.29, 0.717) is 17.4 Å². The molecule has 11 nitrogen and oxygen atoms in total. The van der Waals surface area contributed by atoms with E-state index >= 15 is 0 Å². The number of rotatable bonds is 12. The first-order valence-electron chi connectivity index (χ1n) is 16.4. The predicted molar refractivity (Wildman–Crippen MR) is 206 cm³/mol. The van der Waals surface area contributed by atoms with Crippen molar-refractivity contribution >= 4 is 49.3 Å². The van der Waals surface area contributed by atoms with E-state index in [0.717, 1.165) is 60.8 Å². The third-order valence-corrected chi connectivity index (χ3v) is 8.85. The second kappa shape index (κ2) is 25.8. The van der Waals surface area contributed by atoms with Gasteiger partial charge in [0.2, 0.25) is 0 Å². The second-order valence-electron chi connectivity index (χ2n) is 11.4. The largest absolute Gasteiger partial charge is 1.00 e. The first-order valence-corrected chi connectivity index (χ1v) is 20.8. The minimum Gasteiger partial charge on any atom is -0.748 e. The van der Waals surface area contributed by atoms with Crippen molar-refractivity contribution in [2.24, 2.45) is 0 Å². The van der Waals surface area contributed by atoms with Crippen LogP contribution in [0.5, 0.6) is 0 Å². The maximum Gasteiger partial charge on any atom is 1.00 e. The summed E-state index contributed by atoms with van der Waals surface area (Å²) in [6, 6.07) is 35.3. The number of allylic oxidation sites excluding steroid dienone is 5. The van der Waals surface area contributed by atoms with Crippen molar-refractivity contribution in [1.82, 2.24) is 0 Å². The van der Waals surface area contributed by atoms with Gasteiger partial charge in [0, 0.05) is 66.6 Å². The molecule has 4 aromatic carbocycles. The van der Waals surface area contributed by atoms with Gasteiger partial charge in [0.05, 0.1) is 15.0 Å². The Kier molecular flexibility index (Phi) is 23.7. The minimum absolute atomic E-state index is 0. The van der Waals surface area contributed by atoms with Crippen LogP contribution in [0.4, 0.5) is 5.69 Å². The Bertz CT molecular complexity index is 2080. The van der Waals surface area contributed by atoms with Crippen LogP contribution in [0.3, 0.4) is 0 Å². The zero-order valence-electron chi connectivity index (χ0n) is 31.8. The summed E-state index contributed by atoms with van der Waals surface area (Å²) in [7, 11) is -8.62. The van der Waals surface area contributed by atoms with E-state index < -0.39 is 20.2 Å². The van der Waals surface area contributed by atoms with Gasteiger partial charge in [-0.3, -0.25) is 5.04 Å². The zero-order chi connectivity index (χ0) is 38.9. The summed E-state index contributed by atoms with van der Waals surface area (Å²) in [5, 5.41) is 11.7. The summed E-state index contributed by atoms with van der Waals surface area (Å²) in [6.45, 7) is 7.48. The van der Waals surface area contributed by atoms with Crippen molar-refractivity contribution in [2.45, 2.75) is 31.8 Å². The van der Waals surface area contributed by atoms with Gasteiger partial charge in [0.15, 0.2) is 12.3 Å². The summed E-state index contributed by atoms with van der Waals surface area (Å²) < 4.78 is 70.3. The van der Waals surface area contributed by atoms with Crippen molar-refractivity contribution in [2.75, 3.05) is 30.5 Å². The molecule has 0 aromatic heterocycles. The van der Waals surface area contributed by atoms with Crippen LogP contribution in [-0.2, 0) is 42.7 Å². The van der Waals surface area contributed by atoms with E-state index in [-0.39, 0.29) is 64.0 Å². The molecule has 0 saturated heterocycles. The molecule has 5 rings (SSSR count). The quantitative estimate of drug-likeness (QED) is 0.0468. The van der Waals surface area contributed by atoms with Gasteiger partial charge in [-0.15, -0.1) is 0 Å². The van der Waals surface area contributed by atoms with E-state index in [4.69, 9.17) is 18.2 Å². The van der Waals surface area contributed by atoms with Crippen LogP contribution < -0.4 is 69.3 Å². The Morgan fingerprint density at radius 1 is 0.745 bits per heavy atom. The van der Waals surface area contributed by atoms with Crippen LogP contribution in [0.25, 0.3) is 5.57 Å². The molecule has 0 radical (unpaired) electrons. The summed E-state index contributed by atoms with van der Waals surface area (Å²) in [5.74, 6) is 0. The van der Waals surface area contributed by atoms with Gasteiger partial charge < -0.3 is 19.3 Å². The molecular formula is C39H42N2Na2O9S3. The van der Waals surface area contributed by atoms with Crippen molar-refractivity contribution < 1.29 is 104 Å². The standard InChI is InChI=1S/C37H36N2O3S.2CH4O3S.2Na/c1-3-38(27-29-13-7-5-8-14-29)33-23-19-31(20-24-33)37(35-17-11-12-18-36(35)43(40,41)42)32-21-25-34(26-22-32)39(4-2)28-30-15-9-6-10-16-30;1-5(2,3)4;1-5-4-3-2;;/h5-26H,3-4,27-28H2,1-2H3;1H3,(H,2,3,4);2H,1H3;;/q;;;2*+1/p-2. The van der Waals surface area contributed by atoms with Gasteiger partial charge in [-0.25, -0.2) is 21.4 Å². The molecule has 0 saturated carbocycles. The first kappa shape index (κ1) is 50.6. The predicted octanol–water partition coefficient (Wildman–Crippen LogP) is -0.124. The van der Waals surface area contributed by atoms with E-state index in [2.05, 4.69) is 81.2 Å². The zero-order valence-corrected chi connectivity index (χ0v) is 38.3. The fraction of sp³-hybridized carbons (Fsp3) is 0.205. The minimum atomic E-state index is -4.70. The Labute approximate surface area is 373 Å². The molecule has 0 aliphatic heterocycles. The third kappa shape index (κ3) is 17.7. The second-order valence-corrected chi connectivity index (χ2v) is 14.7. The number of benzene rings is 4. The smallest absolute Gasteiger partial charge is 0.748 e. The molecule has 0 N–H and O–H groups in total. The average Bonchev–Trinajstić information content (AvgIpc) is 3.14. The molecule has 0 heterocycles. The Balaban J connectivity index is 0.00000112. The third-order valence-electron chi connectivity index (χ3n) is 7.76. The van der Waals surface area contributed by atoms with Crippen LogP contribution >= 0.6 is 12.0 Å². The first-order chi connectivity index (χ1) is 25.3. The van der Waals surface area contributed by atoms with Crippen molar-refractivity contribution in [3.05, 3.63) is 161 Å². The summed E-state index contributed by atoms with van der Waals surface area (Å²) >= 11 is 0.867. The summed E-state index contributed by atoms with van der Waals surface area (Å²) in [4.78, 5) is 2.06. The molecule has 1 aliphatic rings. The van der Waals surface area contributed by atoms with Gasteiger partial charge in [0.25, 0.3) is 0 Å². The topological polar surface area (TPSA) is 162 Å². The molecule has 0 amide bonds. The Morgan fingerprint density at radius 3 is 1.71 bits per heavy atom. The molecule has 0 bridgehead atoms. The molecule has 282 valence electrons. The van der Waals surface area contributed by atoms with E-state index in [1.54, 1.807) is 24.5 Å². The van der Waals surface area contributed by atoms with Gasteiger partial charge in [-0.1, -0.05) is 91.0 Å². The SMILES string of the molecule is CCN(Cc1ccccc1)c1ccc(C(=C2C=CC(=[N+](CC)Cc3ccccc3)C=C2)c2ccccc2S(=O)(=O)[O-])cc1.CS(=O)(=O)[O-].CSOO[O-].[Na+].[Na+]. The van der Waals surface area contributed by atoms with Crippen molar-refractivity contribution in [3.8, 4) is 0 Å². The van der Waals surface area contributed by atoms with Crippen molar-refractivity contribution in [1.29, 1.82) is 0 Å². The maximum atomic E-state index is 12.4. The molecule has 0 atom stereocenters. The van der Waals surface area contributed by atoms with E-state index in [1.807, 2.05) is 60.7 Å². The molecule has 0 spiro atoms. The molecular weight excluding hydrogens is 783 g/mol. The fourth-order valence-electron chi connectivity index (χ4n) is 5.45. The number of hydrogen-bond acceptors (Lipinski definition) is 11. The molecule has 16 heteroatoms. The van der Waals surface area contributed by atoms with Gasteiger partial charge in [-0.2, -0.15) is 4.33 Å². The van der Waals surface area contributed by atoms with E-state index in [9.17, 15) is 13.0 Å². The van der Waals surface area contributed by atoms with Gasteiger partial charge in [0.1, 0.15) is 16.7 Å². The van der Waals surface area contributed by atoms with Crippen LogP contribution in [0.2, 0.25) is 0 Å². The number of nitrogens with zero attached hydrogens (tertiary/aromatic N) is 2. The van der Waals surface area contributed by atoms with Crippen LogP contribution in [0.15, 0.2) is 144 Å². The van der Waals surface area contributed by atoms with Gasteiger partial charge in [-0.05, 0) is 66.5 Å². The summed E-state index contributed by atoms with van der Waals surface area (Å²) in [6.07, 6.45) is 10.3. The van der Waals surface area contributed by atoms with Crippen LogP contribution in [0.1, 0.15) is 36.1 Å². The Hall–Kier alpha value is -2.38. The number of anilines is 1. The summed E-state index contributed by atoms with van der Waals surface area (Å²) in [5.41, 5.74) is 7.34. The van der Waals surface area contributed by atoms with E-state index in [1.165, 1.54) is 17.2 Å². The molecule has 0 unspecified atom stereocenters. The van der Waals surface area contributed by atoms with Crippen LogP contribution in [-0.4, -0.2) is 61.8 Å². The molecule has 0 fully saturated rings. The maximum absolute atomic E-state index is 12.4.